The molecule has 4 nitrogen and oxygen atoms in total. The van der Waals surface area contributed by atoms with Crippen molar-refractivity contribution in [2.75, 3.05) is 29.6 Å². The Kier molecular flexibility index (Phi) is 4.98. The molecule has 0 bridgehead atoms. The molecule has 84 valence electrons. The van der Waals surface area contributed by atoms with Crippen molar-refractivity contribution >= 4 is 34.9 Å². The van der Waals surface area contributed by atoms with Crippen LogP contribution in [0.2, 0.25) is 5.28 Å². The molecule has 1 aromatic heterocycles. The van der Waals surface area contributed by atoms with Gasteiger partial charge in [0.25, 0.3) is 0 Å². The zero-order chi connectivity index (χ0) is 11.3. The second-order valence-electron chi connectivity index (χ2n) is 3.38. The normalized spacial score (nSPS) is 12.5. The van der Waals surface area contributed by atoms with Crippen molar-refractivity contribution in [2.24, 2.45) is 5.92 Å². The predicted molar refractivity (Wildman–Crippen MR) is 67.5 cm³/mol. The highest BCUT2D eigenvalue weighted by molar-refractivity contribution is 7.98. The van der Waals surface area contributed by atoms with Crippen LogP contribution in [0.4, 0.5) is 11.5 Å². The first-order chi connectivity index (χ1) is 7.13. The summed E-state index contributed by atoms with van der Waals surface area (Å²) in [6.07, 6.45) is 3.60. The van der Waals surface area contributed by atoms with Crippen molar-refractivity contribution in [2.45, 2.75) is 6.92 Å². The molecule has 0 amide bonds. The minimum Gasteiger partial charge on any atom is -0.394 e. The van der Waals surface area contributed by atoms with E-state index in [0.717, 1.165) is 12.3 Å². The summed E-state index contributed by atoms with van der Waals surface area (Å²) in [6.45, 7) is 3.00. The Morgan fingerprint density at radius 2 is 2.40 bits per heavy atom. The number of halogens is 1. The van der Waals surface area contributed by atoms with Crippen molar-refractivity contribution in [3.05, 3.63) is 11.5 Å². The largest absolute Gasteiger partial charge is 0.394 e. The molecule has 1 atom stereocenters. The van der Waals surface area contributed by atoms with Crippen LogP contribution in [-0.4, -0.2) is 28.5 Å². The first-order valence-electron chi connectivity index (χ1n) is 4.64. The van der Waals surface area contributed by atoms with E-state index in [1.54, 1.807) is 0 Å². The van der Waals surface area contributed by atoms with Gasteiger partial charge in [0.2, 0.25) is 5.28 Å². The third kappa shape index (κ3) is 4.13. The fourth-order valence-corrected chi connectivity index (χ4v) is 1.95. The van der Waals surface area contributed by atoms with Gasteiger partial charge in [0.05, 0.1) is 11.9 Å². The smallest absolute Gasteiger partial charge is 0.224 e. The second-order valence-corrected chi connectivity index (χ2v) is 4.63. The van der Waals surface area contributed by atoms with Gasteiger partial charge in [-0.1, -0.05) is 6.92 Å². The molecule has 1 heterocycles. The Hall–Kier alpha value is -0.680. The lowest BCUT2D eigenvalue weighted by atomic mass is 10.2. The molecule has 0 radical (unpaired) electrons. The summed E-state index contributed by atoms with van der Waals surface area (Å²) in [4.78, 5) is 7.80. The van der Waals surface area contributed by atoms with Gasteiger partial charge >= 0.3 is 0 Å². The average molecular weight is 247 g/mol. The van der Waals surface area contributed by atoms with Crippen LogP contribution in [0.15, 0.2) is 6.20 Å². The third-order valence-corrected chi connectivity index (χ3v) is 2.94. The van der Waals surface area contributed by atoms with E-state index in [9.17, 15) is 0 Å². The molecule has 15 heavy (non-hydrogen) atoms. The Bertz CT molecular complexity index is 321. The second kappa shape index (κ2) is 6.02. The molecule has 1 rings (SSSR count). The maximum absolute atomic E-state index is 5.70. The van der Waals surface area contributed by atoms with Crippen LogP contribution < -0.4 is 11.1 Å². The van der Waals surface area contributed by atoms with Crippen LogP contribution in [0.1, 0.15) is 6.92 Å². The van der Waals surface area contributed by atoms with Crippen LogP contribution in [0.25, 0.3) is 0 Å². The minimum absolute atomic E-state index is 0.212. The van der Waals surface area contributed by atoms with Gasteiger partial charge in [-0.25, -0.2) is 4.98 Å². The zero-order valence-electron chi connectivity index (χ0n) is 8.83. The molecule has 1 aromatic rings. The quantitative estimate of drug-likeness (QED) is 0.780. The molecule has 6 heteroatoms. The van der Waals surface area contributed by atoms with Crippen LogP contribution in [0, 0.1) is 5.92 Å². The summed E-state index contributed by atoms with van der Waals surface area (Å²) in [5, 5.41) is 3.38. The monoisotopic (exact) mass is 246 g/mol. The fourth-order valence-electron chi connectivity index (χ4n) is 1.13. The standard InChI is InChI=1S/C9H15ClN4S/c1-6(5-15-2)3-12-8-7(11)4-13-9(10)14-8/h4,6H,3,5,11H2,1-2H3,(H,12,13,14). The van der Waals surface area contributed by atoms with Gasteiger partial charge < -0.3 is 11.1 Å². The molecular weight excluding hydrogens is 232 g/mol. The summed E-state index contributed by atoms with van der Waals surface area (Å²) < 4.78 is 0. The topological polar surface area (TPSA) is 63.8 Å². The zero-order valence-corrected chi connectivity index (χ0v) is 10.4. The maximum atomic E-state index is 5.70. The van der Waals surface area contributed by atoms with Crippen molar-refractivity contribution in [1.82, 2.24) is 9.97 Å². The van der Waals surface area contributed by atoms with E-state index in [0.29, 0.717) is 17.4 Å². The highest BCUT2D eigenvalue weighted by Gasteiger charge is 2.05. The molecule has 0 fully saturated rings. The highest BCUT2D eigenvalue weighted by atomic mass is 35.5. The van der Waals surface area contributed by atoms with Crippen LogP contribution in [0.5, 0.6) is 0 Å². The van der Waals surface area contributed by atoms with E-state index in [1.165, 1.54) is 6.20 Å². The summed E-state index contributed by atoms with van der Waals surface area (Å²) in [5.41, 5.74) is 6.22. The average Bonchev–Trinajstić information content (AvgIpc) is 2.20. The van der Waals surface area contributed by atoms with Gasteiger partial charge in [0.1, 0.15) is 0 Å². The summed E-state index contributed by atoms with van der Waals surface area (Å²) >= 11 is 7.49. The lowest BCUT2D eigenvalue weighted by Crippen LogP contribution is -2.15. The van der Waals surface area contributed by atoms with Crippen molar-refractivity contribution in [3.8, 4) is 0 Å². The number of nitrogens with zero attached hydrogens (tertiary/aromatic N) is 2. The molecule has 1 unspecified atom stereocenters. The maximum Gasteiger partial charge on any atom is 0.224 e. The van der Waals surface area contributed by atoms with Crippen LogP contribution in [-0.2, 0) is 0 Å². The van der Waals surface area contributed by atoms with Gasteiger partial charge in [-0.2, -0.15) is 16.7 Å². The fraction of sp³-hybridized carbons (Fsp3) is 0.556. The summed E-state index contributed by atoms with van der Waals surface area (Å²) in [5.74, 6) is 2.28. The van der Waals surface area contributed by atoms with Gasteiger partial charge in [0, 0.05) is 6.54 Å². The Labute approximate surface area is 99.0 Å². The van der Waals surface area contributed by atoms with Gasteiger partial charge in [-0.3, -0.25) is 0 Å². The molecule has 0 aliphatic carbocycles. The van der Waals surface area contributed by atoms with Crippen molar-refractivity contribution < 1.29 is 0 Å². The highest BCUT2D eigenvalue weighted by Crippen LogP contribution is 2.16. The molecule has 0 saturated carbocycles. The van der Waals surface area contributed by atoms with E-state index in [4.69, 9.17) is 17.3 Å². The van der Waals surface area contributed by atoms with Crippen molar-refractivity contribution in [1.29, 1.82) is 0 Å². The SMILES string of the molecule is CSCC(C)CNc1nc(Cl)ncc1N. The number of nitrogens with two attached hydrogens (primary N) is 1. The number of nitrogen functional groups attached to an aromatic ring is 1. The van der Waals surface area contributed by atoms with Gasteiger partial charge in [0.15, 0.2) is 5.82 Å². The first-order valence-corrected chi connectivity index (χ1v) is 6.41. The number of nitrogens with one attached hydrogen (secondary N) is 1. The Morgan fingerprint density at radius 3 is 3.07 bits per heavy atom. The summed E-state index contributed by atoms with van der Waals surface area (Å²) in [7, 11) is 0. The minimum atomic E-state index is 0.212. The number of rotatable bonds is 5. The molecule has 0 aromatic carbocycles. The Balaban J connectivity index is 2.53. The van der Waals surface area contributed by atoms with Gasteiger partial charge in [-0.15, -0.1) is 0 Å². The van der Waals surface area contributed by atoms with E-state index >= 15 is 0 Å². The number of thioether (sulfide) groups is 1. The molecule has 0 saturated heterocycles. The van der Waals surface area contributed by atoms with Crippen molar-refractivity contribution in [3.63, 3.8) is 0 Å². The van der Waals surface area contributed by atoms with E-state index in [1.807, 2.05) is 11.8 Å². The number of hydrogen-bond donors (Lipinski definition) is 2. The van der Waals surface area contributed by atoms with E-state index < -0.39 is 0 Å². The first kappa shape index (κ1) is 12.4. The lowest BCUT2D eigenvalue weighted by molar-refractivity contribution is 0.699. The number of anilines is 2. The van der Waals surface area contributed by atoms with Crippen LogP contribution >= 0.6 is 23.4 Å². The third-order valence-electron chi connectivity index (χ3n) is 1.86. The molecular formula is C9H15ClN4S. The molecule has 3 N–H and O–H groups in total. The van der Waals surface area contributed by atoms with Gasteiger partial charge in [-0.05, 0) is 29.5 Å². The lowest BCUT2D eigenvalue weighted by Gasteiger charge is -2.12. The number of aromatic nitrogens is 2. The summed E-state index contributed by atoms with van der Waals surface area (Å²) in [6, 6.07) is 0. The van der Waals surface area contributed by atoms with E-state index in [2.05, 4.69) is 28.5 Å². The van der Waals surface area contributed by atoms with E-state index in [-0.39, 0.29) is 5.28 Å². The van der Waals surface area contributed by atoms with Crippen LogP contribution in [0.3, 0.4) is 0 Å². The molecule has 0 aliphatic heterocycles. The predicted octanol–water partition coefficient (Wildman–Crippen LogP) is 2.12. The molecule has 0 spiro atoms. The molecule has 0 aliphatic rings. The number of hydrogen-bond acceptors (Lipinski definition) is 5. The Morgan fingerprint density at radius 1 is 1.67 bits per heavy atom.